The van der Waals surface area contributed by atoms with Crippen LogP contribution in [0, 0.1) is 11.3 Å². The molecule has 1 aliphatic carbocycles. The summed E-state index contributed by atoms with van der Waals surface area (Å²) >= 11 is 0. The molecule has 1 N–H and O–H groups in total. The van der Waals surface area contributed by atoms with Gasteiger partial charge in [0.2, 0.25) is 0 Å². The van der Waals surface area contributed by atoms with E-state index in [4.69, 9.17) is 0 Å². The number of hydrogen-bond donors (Lipinski definition) is 1. The van der Waals surface area contributed by atoms with E-state index in [-0.39, 0.29) is 0 Å². The number of hydrogen-bond acceptors (Lipinski definition) is 2. The van der Waals surface area contributed by atoms with Crippen LogP contribution in [-0.2, 0) is 6.18 Å². The number of rotatable bonds is 2. The number of nitrogens with zero attached hydrogens (tertiary/aromatic N) is 1. The first kappa shape index (κ1) is 16.1. The minimum atomic E-state index is -4.37. The third-order valence-electron chi connectivity index (χ3n) is 4.38. The predicted molar refractivity (Wildman–Crippen MR) is 78.1 cm³/mol. The smallest absolute Gasteiger partial charge is 0.381 e. The molecule has 2 nitrogen and oxygen atoms in total. The summed E-state index contributed by atoms with van der Waals surface area (Å²) in [5.41, 5.74) is 0.160. The zero-order chi connectivity index (χ0) is 15.7. The quantitative estimate of drug-likeness (QED) is 0.820. The van der Waals surface area contributed by atoms with Crippen LogP contribution in [0.3, 0.4) is 0 Å². The lowest BCUT2D eigenvalue weighted by Crippen LogP contribution is -2.31. The summed E-state index contributed by atoms with van der Waals surface area (Å²) in [4.78, 5) is 3.48. The van der Waals surface area contributed by atoms with Crippen LogP contribution < -0.4 is 5.32 Å². The third-order valence-corrected chi connectivity index (χ3v) is 4.38. The van der Waals surface area contributed by atoms with Crippen LogP contribution in [0.25, 0.3) is 0 Å². The van der Waals surface area contributed by atoms with Crippen molar-refractivity contribution in [1.82, 2.24) is 4.98 Å². The maximum absolute atomic E-state index is 12.5. The fraction of sp³-hybridized carbons (Fsp3) is 0.688. The Morgan fingerprint density at radius 3 is 2.10 bits per heavy atom. The average Bonchev–Trinajstić information content (AvgIpc) is 2.38. The summed E-state index contributed by atoms with van der Waals surface area (Å²) in [5, 5.41) is 3.30. The van der Waals surface area contributed by atoms with Crippen molar-refractivity contribution in [3.8, 4) is 0 Å². The Labute approximate surface area is 124 Å². The molecule has 0 spiro atoms. The molecule has 1 saturated carbocycles. The molecule has 0 saturated heterocycles. The first-order chi connectivity index (χ1) is 9.66. The van der Waals surface area contributed by atoms with Crippen LogP contribution in [0.2, 0.25) is 0 Å². The summed E-state index contributed by atoms with van der Waals surface area (Å²) in [6.07, 6.45) is 1.35. The topological polar surface area (TPSA) is 24.9 Å². The van der Waals surface area contributed by atoms with Crippen molar-refractivity contribution in [3.63, 3.8) is 0 Å². The highest BCUT2D eigenvalue weighted by Gasteiger charge is 2.32. The first-order valence-electron chi connectivity index (χ1n) is 7.46. The van der Waals surface area contributed by atoms with Gasteiger partial charge in [0.05, 0.1) is 11.9 Å². The van der Waals surface area contributed by atoms with Gasteiger partial charge in [0.1, 0.15) is 5.69 Å². The standard InChI is InChI=1S/C16H23F3N2/c1-15(2,3)11-4-6-12(7-5-11)21-13-8-9-14(20-10-13)16(17,18)19/h8-12,21H,4-7H2,1-3H3. The molecule has 1 aliphatic rings. The maximum Gasteiger partial charge on any atom is 0.433 e. The molecule has 1 heterocycles. The van der Waals surface area contributed by atoms with Crippen molar-refractivity contribution in [3.05, 3.63) is 24.0 Å². The van der Waals surface area contributed by atoms with Crippen LogP contribution in [0.4, 0.5) is 18.9 Å². The predicted octanol–water partition coefficient (Wildman–Crippen LogP) is 5.12. The summed E-state index contributed by atoms with van der Waals surface area (Å²) < 4.78 is 37.4. The molecule has 0 unspecified atom stereocenters. The van der Waals surface area contributed by atoms with E-state index in [2.05, 4.69) is 31.1 Å². The number of anilines is 1. The van der Waals surface area contributed by atoms with Crippen molar-refractivity contribution in [2.45, 2.75) is 58.7 Å². The Bertz CT molecular complexity index is 452. The van der Waals surface area contributed by atoms with Crippen molar-refractivity contribution >= 4 is 5.69 Å². The van der Waals surface area contributed by atoms with E-state index < -0.39 is 11.9 Å². The highest BCUT2D eigenvalue weighted by Crippen LogP contribution is 2.38. The van der Waals surface area contributed by atoms with E-state index in [1.807, 2.05) is 0 Å². The zero-order valence-electron chi connectivity index (χ0n) is 12.8. The highest BCUT2D eigenvalue weighted by atomic mass is 19.4. The van der Waals surface area contributed by atoms with Crippen LogP contribution in [0.15, 0.2) is 18.3 Å². The molecule has 0 aromatic carbocycles. The van der Waals surface area contributed by atoms with E-state index in [9.17, 15) is 13.2 Å². The first-order valence-corrected chi connectivity index (χ1v) is 7.46. The molecule has 0 radical (unpaired) electrons. The molecule has 0 atom stereocenters. The van der Waals surface area contributed by atoms with Crippen molar-refractivity contribution in [2.75, 3.05) is 5.32 Å². The fourth-order valence-electron chi connectivity index (χ4n) is 2.99. The van der Waals surface area contributed by atoms with E-state index in [1.165, 1.54) is 12.3 Å². The van der Waals surface area contributed by atoms with Crippen molar-refractivity contribution < 1.29 is 13.2 Å². The van der Waals surface area contributed by atoms with E-state index in [0.717, 1.165) is 37.7 Å². The monoisotopic (exact) mass is 300 g/mol. The Kier molecular flexibility index (Phi) is 4.49. The van der Waals surface area contributed by atoms with E-state index in [0.29, 0.717) is 17.1 Å². The number of pyridine rings is 1. The highest BCUT2D eigenvalue weighted by molar-refractivity contribution is 5.42. The van der Waals surface area contributed by atoms with Crippen LogP contribution in [-0.4, -0.2) is 11.0 Å². The number of aromatic nitrogens is 1. The van der Waals surface area contributed by atoms with Crippen LogP contribution >= 0.6 is 0 Å². The fourth-order valence-corrected chi connectivity index (χ4v) is 2.99. The molecular weight excluding hydrogens is 277 g/mol. The maximum atomic E-state index is 12.5. The Morgan fingerprint density at radius 2 is 1.67 bits per heavy atom. The van der Waals surface area contributed by atoms with Crippen molar-refractivity contribution in [1.29, 1.82) is 0 Å². The molecule has 0 amide bonds. The lowest BCUT2D eigenvalue weighted by Gasteiger charge is -2.37. The van der Waals surface area contributed by atoms with Gasteiger partial charge in [-0.25, -0.2) is 4.98 Å². The number of nitrogens with one attached hydrogen (secondary N) is 1. The van der Waals surface area contributed by atoms with Gasteiger partial charge in [0.15, 0.2) is 0 Å². The van der Waals surface area contributed by atoms with Gasteiger partial charge in [0.25, 0.3) is 0 Å². The number of halogens is 3. The van der Waals surface area contributed by atoms with Gasteiger partial charge >= 0.3 is 6.18 Å². The van der Waals surface area contributed by atoms with Gasteiger partial charge in [-0.05, 0) is 49.1 Å². The molecule has 5 heteroatoms. The second-order valence-electron chi connectivity index (χ2n) is 6.99. The molecule has 1 fully saturated rings. The molecule has 1 aromatic heterocycles. The van der Waals surface area contributed by atoms with Crippen LogP contribution in [0.1, 0.15) is 52.1 Å². The minimum Gasteiger partial charge on any atom is -0.381 e. The largest absolute Gasteiger partial charge is 0.433 e. The van der Waals surface area contributed by atoms with E-state index in [1.54, 1.807) is 0 Å². The van der Waals surface area contributed by atoms with Gasteiger partial charge < -0.3 is 5.32 Å². The minimum absolute atomic E-state index is 0.334. The van der Waals surface area contributed by atoms with Gasteiger partial charge in [-0.2, -0.15) is 13.2 Å². The average molecular weight is 300 g/mol. The zero-order valence-corrected chi connectivity index (χ0v) is 12.8. The second-order valence-corrected chi connectivity index (χ2v) is 6.99. The molecule has 1 aromatic rings. The van der Waals surface area contributed by atoms with Gasteiger partial charge in [-0.3, -0.25) is 0 Å². The lowest BCUT2D eigenvalue weighted by molar-refractivity contribution is -0.141. The van der Waals surface area contributed by atoms with E-state index >= 15 is 0 Å². The summed E-state index contributed by atoms with van der Waals surface area (Å²) in [6, 6.07) is 2.83. The Hall–Kier alpha value is -1.26. The Morgan fingerprint density at radius 1 is 1.05 bits per heavy atom. The summed E-state index contributed by atoms with van der Waals surface area (Å²) in [6.45, 7) is 6.81. The normalized spacial score (nSPS) is 23.9. The Balaban J connectivity index is 1.89. The SMILES string of the molecule is CC(C)(C)C1CCC(Nc2ccc(C(F)(F)F)nc2)CC1. The van der Waals surface area contributed by atoms with Gasteiger partial charge in [-0.15, -0.1) is 0 Å². The number of alkyl halides is 3. The third kappa shape index (κ3) is 4.35. The summed E-state index contributed by atoms with van der Waals surface area (Å²) in [7, 11) is 0. The summed E-state index contributed by atoms with van der Waals surface area (Å²) in [5.74, 6) is 0.723. The molecule has 2 rings (SSSR count). The van der Waals surface area contributed by atoms with Crippen LogP contribution in [0.5, 0.6) is 0 Å². The molecule has 0 aliphatic heterocycles. The van der Waals surface area contributed by atoms with Crippen molar-refractivity contribution in [2.24, 2.45) is 11.3 Å². The molecule has 21 heavy (non-hydrogen) atoms. The van der Waals surface area contributed by atoms with Gasteiger partial charge in [-0.1, -0.05) is 20.8 Å². The molecular formula is C16H23F3N2. The lowest BCUT2D eigenvalue weighted by atomic mass is 9.71. The van der Waals surface area contributed by atoms with Gasteiger partial charge in [0, 0.05) is 6.04 Å². The second kappa shape index (κ2) is 5.85. The molecule has 118 valence electrons. The molecule has 0 bridgehead atoms.